The molecule has 3 rings (SSSR count). The molecule has 2 heterocycles. The number of amides is 1. The molecule has 21 heavy (non-hydrogen) atoms. The number of carbonyl (C=O) groups is 1. The number of fused-ring (bicyclic) bond motifs is 1. The number of rotatable bonds is 2. The quantitative estimate of drug-likeness (QED) is 0.836. The second-order valence-corrected chi connectivity index (χ2v) is 8.43. The van der Waals surface area contributed by atoms with Crippen LogP contribution in [0, 0.1) is 5.92 Å². The van der Waals surface area contributed by atoms with Gasteiger partial charge in [-0.2, -0.15) is 4.31 Å². The minimum atomic E-state index is -3.70. The molecule has 0 radical (unpaired) electrons. The largest absolute Gasteiger partial charge is 0.354 e. The Morgan fingerprint density at radius 3 is 2.86 bits per heavy atom. The van der Waals surface area contributed by atoms with Gasteiger partial charge in [-0.1, -0.05) is 27.5 Å². The van der Waals surface area contributed by atoms with Crippen LogP contribution in [-0.4, -0.2) is 37.8 Å². The molecule has 0 aromatic heterocycles. The van der Waals surface area contributed by atoms with Crippen LogP contribution < -0.4 is 5.32 Å². The fourth-order valence-corrected chi connectivity index (χ4v) is 5.73. The molecular weight excluding hydrogens is 380 g/mol. The Balaban J connectivity index is 1.99. The van der Waals surface area contributed by atoms with Gasteiger partial charge in [0.05, 0.1) is 17.0 Å². The molecule has 8 heteroatoms. The van der Waals surface area contributed by atoms with Crippen LogP contribution in [-0.2, 0) is 14.8 Å². The highest BCUT2D eigenvalue weighted by Crippen LogP contribution is 2.34. The molecule has 5 nitrogen and oxygen atoms in total. The topological polar surface area (TPSA) is 66.5 Å². The fourth-order valence-electron chi connectivity index (χ4n) is 3.02. The van der Waals surface area contributed by atoms with E-state index in [2.05, 4.69) is 21.2 Å². The molecule has 2 saturated heterocycles. The highest BCUT2D eigenvalue weighted by molar-refractivity contribution is 9.10. The van der Waals surface area contributed by atoms with Gasteiger partial charge in [0.2, 0.25) is 15.9 Å². The molecule has 1 N–H and O–H groups in total. The summed E-state index contributed by atoms with van der Waals surface area (Å²) in [6.45, 7) is 0.793. The van der Waals surface area contributed by atoms with Crippen LogP contribution >= 0.6 is 27.5 Å². The number of piperidine rings is 1. The summed E-state index contributed by atoms with van der Waals surface area (Å²) in [5, 5.41) is 2.94. The van der Waals surface area contributed by atoms with Crippen LogP contribution in [0.5, 0.6) is 0 Å². The SMILES string of the molecule is O=C1NCC2C1CCCN2S(=O)(=O)c1ccc(Br)cc1Cl. The second-order valence-electron chi connectivity index (χ2n) is 5.25. The zero-order valence-corrected chi connectivity index (χ0v) is 14.2. The number of hydrogen-bond donors (Lipinski definition) is 1. The van der Waals surface area contributed by atoms with Crippen LogP contribution in [0.25, 0.3) is 0 Å². The monoisotopic (exact) mass is 392 g/mol. The van der Waals surface area contributed by atoms with Gasteiger partial charge in [-0.05, 0) is 31.0 Å². The van der Waals surface area contributed by atoms with Crippen LogP contribution in [0.3, 0.4) is 0 Å². The predicted molar refractivity (Wildman–Crippen MR) is 82.6 cm³/mol. The number of benzene rings is 1. The van der Waals surface area contributed by atoms with E-state index in [9.17, 15) is 13.2 Å². The maximum Gasteiger partial charge on any atom is 0.244 e. The first kappa shape index (κ1) is 15.3. The average Bonchev–Trinajstić information content (AvgIpc) is 2.80. The van der Waals surface area contributed by atoms with E-state index in [-0.39, 0.29) is 27.8 Å². The molecule has 2 fully saturated rings. The lowest BCUT2D eigenvalue weighted by molar-refractivity contribution is -0.123. The minimum absolute atomic E-state index is 0.0539. The van der Waals surface area contributed by atoms with Crippen molar-refractivity contribution < 1.29 is 13.2 Å². The van der Waals surface area contributed by atoms with Crippen molar-refractivity contribution in [3.05, 3.63) is 27.7 Å². The molecule has 1 aromatic carbocycles. The molecule has 0 bridgehead atoms. The van der Waals surface area contributed by atoms with Crippen molar-refractivity contribution in [2.75, 3.05) is 13.1 Å². The Bertz CT molecular complexity index is 695. The van der Waals surface area contributed by atoms with Crippen molar-refractivity contribution in [1.82, 2.24) is 9.62 Å². The molecule has 0 aliphatic carbocycles. The first-order chi connectivity index (χ1) is 9.91. The summed E-state index contributed by atoms with van der Waals surface area (Å²) < 4.78 is 27.9. The van der Waals surface area contributed by atoms with Crippen LogP contribution in [0.1, 0.15) is 12.8 Å². The van der Waals surface area contributed by atoms with Gasteiger partial charge in [0.1, 0.15) is 4.90 Å². The zero-order valence-electron chi connectivity index (χ0n) is 11.1. The molecule has 0 spiro atoms. The molecule has 1 amide bonds. The molecule has 114 valence electrons. The van der Waals surface area contributed by atoms with Crippen molar-refractivity contribution in [2.45, 2.75) is 23.8 Å². The summed E-state index contributed by atoms with van der Waals surface area (Å²) >= 11 is 9.35. The minimum Gasteiger partial charge on any atom is -0.354 e. The standard InChI is InChI=1S/C13H14BrClN2O3S/c14-8-3-4-12(10(15)6-8)21(19,20)17-5-1-2-9-11(17)7-16-13(9)18/h3-4,6,9,11H,1-2,5,7H2,(H,16,18). The smallest absolute Gasteiger partial charge is 0.244 e. The van der Waals surface area contributed by atoms with Crippen LogP contribution in [0.2, 0.25) is 5.02 Å². The number of nitrogens with zero attached hydrogens (tertiary/aromatic N) is 1. The van der Waals surface area contributed by atoms with Gasteiger partial charge in [0, 0.05) is 17.6 Å². The number of hydrogen-bond acceptors (Lipinski definition) is 3. The Labute approximate surface area is 136 Å². The zero-order chi connectivity index (χ0) is 15.2. The summed E-state index contributed by atoms with van der Waals surface area (Å²) in [5.41, 5.74) is 0. The average molecular weight is 394 g/mol. The highest BCUT2D eigenvalue weighted by atomic mass is 79.9. The highest BCUT2D eigenvalue weighted by Gasteiger charge is 2.45. The number of sulfonamides is 1. The van der Waals surface area contributed by atoms with E-state index in [0.29, 0.717) is 19.5 Å². The molecule has 2 aliphatic rings. The van der Waals surface area contributed by atoms with Gasteiger partial charge in [-0.25, -0.2) is 8.42 Å². The van der Waals surface area contributed by atoms with Crippen molar-refractivity contribution in [3.8, 4) is 0 Å². The van der Waals surface area contributed by atoms with Gasteiger partial charge in [0.15, 0.2) is 0 Å². The van der Waals surface area contributed by atoms with Gasteiger partial charge in [-0.15, -0.1) is 0 Å². The second kappa shape index (κ2) is 5.53. The first-order valence-corrected chi connectivity index (χ1v) is 9.27. The Morgan fingerprint density at radius 2 is 2.14 bits per heavy atom. The van der Waals surface area contributed by atoms with E-state index < -0.39 is 10.0 Å². The fraction of sp³-hybridized carbons (Fsp3) is 0.462. The van der Waals surface area contributed by atoms with Crippen molar-refractivity contribution in [2.24, 2.45) is 5.92 Å². The third kappa shape index (κ3) is 2.60. The molecular formula is C13H14BrClN2O3S. The van der Waals surface area contributed by atoms with E-state index in [1.807, 2.05) is 0 Å². The van der Waals surface area contributed by atoms with Crippen molar-refractivity contribution in [3.63, 3.8) is 0 Å². The summed E-state index contributed by atoms with van der Waals surface area (Å²) in [5.74, 6) is -0.301. The Morgan fingerprint density at radius 1 is 1.38 bits per heavy atom. The normalized spacial score (nSPS) is 26.5. The summed E-state index contributed by atoms with van der Waals surface area (Å²) in [4.78, 5) is 11.9. The Kier molecular flexibility index (Phi) is 4.02. The van der Waals surface area contributed by atoms with Crippen LogP contribution in [0.4, 0.5) is 0 Å². The third-order valence-corrected chi connectivity index (χ3v) is 6.93. The molecule has 2 unspecified atom stereocenters. The third-order valence-electron chi connectivity index (χ3n) is 4.03. The maximum absolute atomic E-state index is 12.9. The summed E-state index contributed by atoms with van der Waals surface area (Å²) in [7, 11) is -3.70. The van der Waals surface area contributed by atoms with Gasteiger partial charge < -0.3 is 5.32 Å². The molecule has 2 atom stereocenters. The maximum atomic E-state index is 12.9. The predicted octanol–water partition coefficient (Wildman–Crippen LogP) is 2.00. The Hall–Kier alpha value is -0.630. The van der Waals surface area contributed by atoms with Gasteiger partial charge in [-0.3, -0.25) is 4.79 Å². The van der Waals surface area contributed by atoms with Gasteiger partial charge >= 0.3 is 0 Å². The van der Waals surface area contributed by atoms with E-state index in [1.165, 1.54) is 10.4 Å². The summed E-state index contributed by atoms with van der Waals surface area (Å²) in [6, 6.07) is 4.40. The van der Waals surface area contributed by atoms with Gasteiger partial charge in [0.25, 0.3) is 0 Å². The van der Waals surface area contributed by atoms with E-state index >= 15 is 0 Å². The number of carbonyl (C=O) groups excluding carboxylic acids is 1. The molecule has 0 saturated carbocycles. The van der Waals surface area contributed by atoms with E-state index in [0.717, 1.165) is 10.9 Å². The number of halogens is 2. The number of nitrogens with one attached hydrogen (secondary N) is 1. The van der Waals surface area contributed by atoms with E-state index in [1.54, 1.807) is 12.1 Å². The molecule has 2 aliphatic heterocycles. The first-order valence-electron chi connectivity index (χ1n) is 6.66. The summed E-state index contributed by atoms with van der Waals surface area (Å²) in [6.07, 6.45) is 1.42. The van der Waals surface area contributed by atoms with Crippen molar-refractivity contribution in [1.29, 1.82) is 0 Å². The lowest BCUT2D eigenvalue weighted by atomic mass is 9.93. The lowest BCUT2D eigenvalue weighted by Crippen LogP contribution is -2.48. The van der Waals surface area contributed by atoms with Crippen molar-refractivity contribution >= 4 is 43.5 Å². The van der Waals surface area contributed by atoms with Crippen LogP contribution in [0.15, 0.2) is 27.6 Å². The molecule has 1 aromatic rings. The lowest BCUT2D eigenvalue weighted by Gasteiger charge is -2.34. The van der Waals surface area contributed by atoms with E-state index in [4.69, 9.17) is 11.6 Å².